The number of morpholine rings is 1. The monoisotopic (exact) mass is 447 g/mol. The summed E-state index contributed by atoms with van der Waals surface area (Å²) in [4.78, 5) is 14.4. The van der Waals surface area contributed by atoms with Gasteiger partial charge in [0.2, 0.25) is 0 Å². The number of aromatic nitrogens is 5. The van der Waals surface area contributed by atoms with Crippen LogP contribution in [0.15, 0.2) is 48.7 Å². The molecule has 1 aliphatic heterocycles. The molecule has 10 nitrogen and oxygen atoms in total. The molecule has 1 unspecified atom stereocenters. The zero-order valence-corrected chi connectivity index (χ0v) is 18.2. The Bertz CT molecular complexity index is 1260. The number of hydrogen-bond acceptors (Lipinski definition) is 7. The molecule has 2 aromatic carbocycles. The van der Waals surface area contributed by atoms with Gasteiger partial charge in [-0.05, 0) is 49.4 Å². The Morgan fingerprint density at radius 3 is 2.76 bits per heavy atom. The standard InChI is InChI=1S/C23H25N7O3/c1-15(14-31)24-17-4-7-19-20(12-17)25-27-22(19)21-13-30(28-26-21)18-5-2-16(3-6-18)23(32)29-8-10-33-11-9-29/h2-7,12-13,15,24,31H,8-11,14H2,1H3,(H,25,27). The molecule has 1 atom stereocenters. The lowest BCUT2D eigenvalue weighted by Gasteiger charge is -2.26. The summed E-state index contributed by atoms with van der Waals surface area (Å²) in [7, 11) is 0. The molecule has 1 saturated heterocycles. The lowest BCUT2D eigenvalue weighted by atomic mass is 10.1. The van der Waals surface area contributed by atoms with Gasteiger partial charge >= 0.3 is 0 Å². The molecule has 5 rings (SSSR count). The SMILES string of the molecule is CC(CO)Nc1ccc2c(-c3cn(-c4ccc(C(=O)N5CCOCC5)cc4)nn3)n[nH]c2c1. The van der Waals surface area contributed by atoms with E-state index in [1.807, 2.05) is 43.5 Å². The summed E-state index contributed by atoms with van der Waals surface area (Å²) < 4.78 is 6.98. The van der Waals surface area contributed by atoms with Crippen LogP contribution in [0.5, 0.6) is 0 Å². The van der Waals surface area contributed by atoms with Gasteiger partial charge in [0.1, 0.15) is 11.4 Å². The van der Waals surface area contributed by atoms with Crippen molar-refractivity contribution >= 4 is 22.5 Å². The quantitative estimate of drug-likeness (QED) is 0.414. The summed E-state index contributed by atoms with van der Waals surface area (Å²) in [5.74, 6) is 0.00867. The van der Waals surface area contributed by atoms with Crippen molar-refractivity contribution in [2.45, 2.75) is 13.0 Å². The van der Waals surface area contributed by atoms with Crippen LogP contribution in [0.2, 0.25) is 0 Å². The number of nitrogens with zero attached hydrogens (tertiary/aromatic N) is 5. The largest absolute Gasteiger partial charge is 0.394 e. The fraction of sp³-hybridized carbons (Fsp3) is 0.304. The van der Waals surface area contributed by atoms with Crippen molar-refractivity contribution in [2.24, 2.45) is 0 Å². The Morgan fingerprint density at radius 2 is 2.00 bits per heavy atom. The summed E-state index contributed by atoms with van der Waals surface area (Å²) in [6.45, 7) is 4.34. The van der Waals surface area contributed by atoms with Gasteiger partial charge in [0.05, 0.1) is 37.2 Å². The number of ether oxygens (including phenoxy) is 1. The van der Waals surface area contributed by atoms with E-state index in [-0.39, 0.29) is 18.6 Å². The number of nitrogens with one attached hydrogen (secondary N) is 2. The number of aliphatic hydroxyl groups excluding tert-OH is 1. The van der Waals surface area contributed by atoms with Gasteiger partial charge in [0.15, 0.2) is 0 Å². The molecule has 0 saturated carbocycles. The fourth-order valence-electron chi connectivity index (χ4n) is 3.84. The molecule has 1 aliphatic rings. The number of H-pyrrole nitrogens is 1. The third-order valence-corrected chi connectivity index (χ3v) is 5.66. The number of hydrogen-bond donors (Lipinski definition) is 3. The van der Waals surface area contributed by atoms with Crippen LogP contribution in [0.1, 0.15) is 17.3 Å². The first-order valence-corrected chi connectivity index (χ1v) is 10.9. The van der Waals surface area contributed by atoms with E-state index in [2.05, 4.69) is 25.8 Å². The van der Waals surface area contributed by atoms with Crippen LogP contribution >= 0.6 is 0 Å². The molecular weight excluding hydrogens is 422 g/mol. The minimum absolute atomic E-state index is 0.00867. The van der Waals surface area contributed by atoms with Gasteiger partial charge in [0, 0.05) is 35.8 Å². The average Bonchev–Trinajstić information content (AvgIpc) is 3.51. The number of benzene rings is 2. The van der Waals surface area contributed by atoms with Gasteiger partial charge in [-0.1, -0.05) is 5.21 Å². The Kier molecular flexibility index (Phi) is 5.76. The smallest absolute Gasteiger partial charge is 0.254 e. The first kappa shape index (κ1) is 21.1. The number of carbonyl (C=O) groups excluding carboxylic acids is 1. The van der Waals surface area contributed by atoms with Crippen LogP contribution in [-0.2, 0) is 4.74 Å². The predicted molar refractivity (Wildman–Crippen MR) is 123 cm³/mol. The molecular formula is C23H25N7O3. The van der Waals surface area contributed by atoms with Crippen LogP contribution in [-0.4, -0.2) is 80.1 Å². The highest BCUT2D eigenvalue weighted by Gasteiger charge is 2.19. The number of amides is 1. The molecule has 1 fully saturated rings. The molecule has 33 heavy (non-hydrogen) atoms. The van der Waals surface area contributed by atoms with Crippen LogP contribution in [0.25, 0.3) is 28.0 Å². The first-order chi connectivity index (χ1) is 16.1. The Morgan fingerprint density at radius 1 is 1.21 bits per heavy atom. The zero-order chi connectivity index (χ0) is 22.8. The Balaban J connectivity index is 1.35. The van der Waals surface area contributed by atoms with Crippen LogP contribution in [0.3, 0.4) is 0 Å². The van der Waals surface area contributed by atoms with E-state index in [1.54, 1.807) is 21.7 Å². The van der Waals surface area contributed by atoms with Crippen molar-refractivity contribution in [3.05, 3.63) is 54.2 Å². The maximum atomic E-state index is 12.6. The van der Waals surface area contributed by atoms with Crippen molar-refractivity contribution in [2.75, 3.05) is 38.2 Å². The van der Waals surface area contributed by atoms with E-state index in [0.717, 1.165) is 22.3 Å². The molecule has 4 aromatic rings. The van der Waals surface area contributed by atoms with Crippen LogP contribution in [0, 0.1) is 0 Å². The lowest BCUT2D eigenvalue weighted by Crippen LogP contribution is -2.40. The average molecular weight is 447 g/mol. The fourth-order valence-corrected chi connectivity index (χ4v) is 3.84. The van der Waals surface area contributed by atoms with Gasteiger partial charge in [-0.2, -0.15) is 5.10 Å². The van der Waals surface area contributed by atoms with E-state index in [4.69, 9.17) is 4.74 Å². The third kappa shape index (κ3) is 4.30. The number of aliphatic hydroxyl groups is 1. The van der Waals surface area contributed by atoms with Crippen LogP contribution in [0.4, 0.5) is 5.69 Å². The summed E-state index contributed by atoms with van der Waals surface area (Å²) >= 11 is 0. The van der Waals surface area contributed by atoms with E-state index in [9.17, 15) is 9.90 Å². The third-order valence-electron chi connectivity index (χ3n) is 5.66. The Hall–Kier alpha value is -3.76. The van der Waals surface area contributed by atoms with Crippen molar-refractivity contribution < 1.29 is 14.6 Å². The van der Waals surface area contributed by atoms with Crippen LogP contribution < -0.4 is 5.32 Å². The summed E-state index contributed by atoms with van der Waals surface area (Å²) in [6.07, 6.45) is 1.81. The number of carbonyl (C=O) groups is 1. The molecule has 0 radical (unpaired) electrons. The summed E-state index contributed by atoms with van der Waals surface area (Å²) in [5.41, 5.74) is 4.54. The zero-order valence-electron chi connectivity index (χ0n) is 18.2. The molecule has 3 N–H and O–H groups in total. The molecule has 0 aliphatic carbocycles. The highest BCUT2D eigenvalue weighted by Crippen LogP contribution is 2.27. The van der Waals surface area contributed by atoms with E-state index in [1.165, 1.54) is 0 Å². The number of aromatic amines is 1. The van der Waals surface area contributed by atoms with Gasteiger partial charge in [-0.15, -0.1) is 5.10 Å². The second-order valence-electron chi connectivity index (χ2n) is 8.06. The topological polar surface area (TPSA) is 121 Å². The van der Waals surface area contributed by atoms with Crippen molar-refractivity contribution in [3.8, 4) is 17.1 Å². The molecule has 2 aromatic heterocycles. The molecule has 170 valence electrons. The molecule has 3 heterocycles. The van der Waals surface area contributed by atoms with Gasteiger partial charge in [-0.3, -0.25) is 9.89 Å². The van der Waals surface area contributed by atoms with Crippen molar-refractivity contribution in [3.63, 3.8) is 0 Å². The normalized spacial score (nSPS) is 15.0. The van der Waals surface area contributed by atoms with Gasteiger partial charge < -0.3 is 20.1 Å². The second-order valence-corrected chi connectivity index (χ2v) is 8.06. The van der Waals surface area contributed by atoms with E-state index >= 15 is 0 Å². The number of anilines is 1. The molecule has 10 heteroatoms. The molecule has 0 spiro atoms. The number of fused-ring (bicyclic) bond motifs is 1. The highest BCUT2D eigenvalue weighted by atomic mass is 16.5. The van der Waals surface area contributed by atoms with Crippen molar-refractivity contribution in [1.82, 2.24) is 30.1 Å². The van der Waals surface area contributed by atoms with Crippen molar-refractivity contribution in [1.29, 1.82) is 0 Å². The lowest BCUT2D eigenvalue weighted by molar-refractivity contribution is 0.0303. The molecule has 1 amide bonds. The second kappa shape index (κ2) is 9.00. The summed E-state index contributed by atoms with van der Waals surface area (Å²) in [5, 5.41) is 29.4. The van der Waals surface area contributed by atoms with Gasteiger partial charge in [-0.25, -0.2) is 4.68 Å². The maximum absolute atomic E-state index is 12.6. The van der Waals surface area contributed by atoms with E-state index < -0.39 is 0 Å². The van der Waals surface area contributed by atoms with Gasteiger partial charge in [0.25, 0.3) is 5.91 Å². The summed E-state index contributed by atoms with van der Waals surface area (Å²) in [6, 6.07) is 13.1. The maximum Gasteiger partial charge on any atom is 0.254 e. The highest BCUT2D eigenvalue weighted by molar-refractivity contribution is 5.95. The number of rotatable bonds is 6. The molecule has 0 bridgehead atoms. The Labute approximate surface area is 190 Å². The first-order valence-electron chi connectivity index (χ1n) is 10.9. The minimum atomic E-state index is -0.0414. The van der Waals surface area contributed by atoms with E-state index in [0.29, 0.717) is 43.3 Å². The minimum Gasteiger partial charge on any atom is -0.394 e. The predicted octanol–water partition coefficient (Wildman–Crippen LogP) is 2.08.